The Labute approximate surface area is 133 Å². The van der Waals surface area contributed by atoms with Crippen LogP contribution in [0.1, 0.15) is 26.3 Å². The van der Waals surface area contributed by atoms with Gasteiger partial charge in [-0.25, -0.2) is 13.6 Å². The molecular formula is C15H10F2N2O5. The molecule has 0 atom stereocenters. The van der Waals surface area contributed by atoms with Gasteiger partial charge in [0.05, 0.1) is 16.1 Å². The minimum Gasteiger partial charge on any atom is -0.457 e. The number of amides is 1. The smallest absolute Gasteiger partial charge is 0.338 e. The fourth-order valence-electron chi connectivity index (χ4n) is 1.86. The molecule has 0 aliphatic heterocycles. The van der Waals surface area contributed by atoms with E-state index in [2.05, 4.69) is 0 Å². The molecule has 124 valence electrons. The van der Waals surface area contributed by atoms with E-state index < -0.39 is 40.7 Å². The maximum atomic E-state index is 13.1. The molecular weight excluding hydrogens is 326 g/mol. The van der Waals surface area contributed by atoms with Crippen LogP contribution in [0.3, 0.4) is 0 Å². The number of ether oxygens (including phenoxy) is 1. The number of nitrogens with two attached hydrogens (primary N) is 1. The Hall–Kier alpha value is -3.36. The van der Waals surface area contributed by atoms with E-state index in [0.717, 1.165) is 18.2 Å². The highest BCUT2D eigenvalue weighted by atomic mass is 19.2. The molecule has 2 N–H and O–H groups in total. The second kappa shape index (κ2) is 6.82. The summed E-state index contributed by atoms with van der Waals surface area (Å²) in [5, 5.41) is 11.0. The third-order valence-electron chi connectivity index (χ3n) is 3.08. The van der Waals surface area contributed by atoms with Crippen molar-refractivity contribution in [2.24, 2.45) is 5.73 Å². The van der Waals surface area contributed by atoms with E-state index in [-0.39, 0.29) is 16.7 Å². The molecule has 24 heavy (non-hydrogen) atoms. The number of esters is 1. The molecule has 0 unspecified atom stereocenters. The summed E-state index contributed by atoms with van der Waals surface area (Å²) in [6.07, 6.45) is 0. The van der Waals surface area contributed by atoms with Crippen LogP contribution in [0.15, 0.2) is 36.4 Å². The number of carbonyl (C=O) groups excluding carboxylic acids is 2. The number of hydrogen-bond acceptors (Lipinski definition) is 5. The fourth-order valence-corrected chi connectivity index (χ4v) is 1.86. The molecule has 0 spiro atoms. The van der Waals surface area contributed by atoms with Crippen LogP contribution >= 0.6 is 0 Å². The Morgan fingerprint density at radius 3 is 2.33 bits per heavy atom. The molecule has 0 saturated heterocycles. The number of hydrogen-bond donors (Lipinski definition) is 1. The Balaban J connectivity index is 2.19. The van der Waals surface area contributed by atoms with Crippen LogP contribution in [-0.4, -0.2) is 16.8 Å². The number of nitro groups is 1. The molecule has 0 fully saturated rings. The number of benzene rings is 2. The highest BCUT2D eigenvalue weighted by molar-refractivity contribution is 5.93. The molecule has 0 aliphatic rings. The number of nitro benzene ring substituents is 1. The highest BCUT2D eigenvalue weighted by Gasteiger charge is 2.18. The zero-order chi connectivity index (χ0) is 17.9. The Kier molecular flexibility index (Phi) is 4.83. The maximum Gasteiger partial charge on any atom is 0.338 e. The lowest BCUT2D eigenvalue weighted by Crippen LogP contribution is -2.12. The molecule has 0 saturated carbocycles. The molecule has 2 rings (SSSR count). The van der Waals surface area contributed by atoms with Crippen LogP contribution in [-0.2, 0) is 11.3 Å². The third kappa shape index (κ3) is 3.69. The number of nitrogens with zero attached hydrogens (tertiary/aromatic N) is 1. The van der Waals surface area contributed by atoms with Gasteiger partial charge in [-0.3, -0.25) is 14.9 Å². The summed E-state index contributed by atoms with van der Waals surface area (Å²) in [7, 11) is 0. The van der Waals surface area contributed by atoms with E-state index in [1.165, 1.54) is 12.1 Å². The van der Waals surface area contributed by atoms with Gasteiger partial charge in [0.2, 0.25) is 5.91 Å². The second-order valence-electron chi connectivity index (χ2n) is 4.67. The summed E-state index contributed by atoms with van der Waals surface area (Å²) in [6, 6.07) is 5.86. The normalized spacial score (nSPS) is 10.2. The minimum absolute atomic E-state index is 0.0148. The Morgan fingerprint density at radius 1 is 1.08 bits per heavy atom. The zero-order valence-electron chi connectivity index (χ0n) is 12.0. The van der Waals surface area contributed by atoms with Crippen LogP contribution in [0, 0.1) is 21.7 Å². The predicted molar refractivity (Wildman–Crippen MR) is 77.1 cm³/mol. The van der Waals surface area contributed by atoms with Crippen molar-refractivity contribution in [3.05, 3.63) is 74.8 Å². The van der Waals surface area contributed by atoms with E-state index >= 15 is 0 Å². The number of primary amides is 1. The first-order valence-electron chi connectivity index (χ1n) is 6.49. The van der Waals surface area contributed by atoms with Crippen LogP contribution in [0.4, 0.5) is 14.5 Å². The zero-order valence-corrected chi connectivity index (χ0v) is 12.0. The van der Waals surface area contributed by atoms with Gasteiger partial charge < -0.3 is 10.5 Å². The van der Waals surface area contributed by atoms with E-state index in [1.807, 2.05) is 0 Å². The van der Waals surface area contributed by atoms with Crippen molar-refractivity contribution < 1.29 is 28.0 Å². The third-order valence-corrected chi connectivity index (χ3v) is 3.08. The van der Waals surface area contributed by atoms with E-state index in [9.17, 15) is 28.5 Å². The van der Waals surface area contributed by atoms with E-state index in [0.29, 0.717) is 6.07 Å². The van der Waals surface area contributed by atoms with Crippen LogP contribution in [0.25, 0.3) is 0 Å². The van der Waals surface area contributed by atoms with Gasteiger partial charge in [0.15, 0.2) is 11.6 Å². The summed E-state index contributed by atoms with van der Waals surface area (Å²) < 4.78 is 30.7. The molecule has 9 heteroatoms. The van der Waals surface area contributed by atoms with E-state index in [4.69, 9.17) is 10.5 Å². The predicted octanol–water partition coefficient (Wildman–Crippen LogP) is 2.33. The van der Waals surface area contributed by atoms with Gasteiger partial charge in [-0.15, -0.1) is 0 Å². The first-order chi connectivity index (χ1) is 11.3. The van der Waals surface area contributed by atoms with Crippen molar-refractivity contribution in [2.45, 2.75) is 6.61 Å². The van der Waals surface area contributed by atoms with Crippen molar-refractivity contribution in [1.29, 1.82) is 0 Å². The largest absolute Gasteiger partial charge is 0.457 e. The van der Waals surface area contributed by atoms with Gasteiger partial charge in [-0.2, -0.15) is 0 Å². The maximum absolute atomic E-state index is 13.1. The standard InChI is InChI=1S/C15H10F2N2O5/c16-11-4-3-9(5-12(11)17)15(21)24-7-10-2-1-8(14(18)20)6-13(10)19(22)23/h1-6H,7H2,(H2,18,20). The minimum atomic E-state index is -1.22. The molecule has 2 aromatic carbocycles. The molecule has 0 bridgehead atoms. The van der Waals surface area contributed by atoms with Crippen molar-refractivity contribution in [1.82, 2.24) is 0 Å². The van der Waals surface area contributed by atoms with Crippen molar-refractivity contribution in [2.75, 3.05) is 0 Å². The summed E-state index contributed by atoms with van der Waals surface area (Å²) in [5.74, 6) is -4.17. The average Bonchev–Trinajstić information content (AvgIpc) is 2.54. The SMILES string of the molecule is NC(=O)c1ccc(COC(=O)c2ccc(F)c(F)c2)c([N+](=O)[O-])c1. The van der Waals surface area contributed by atoms with Crippen LogP contribution in [0.2, 0.25) is 0 Å². The van der Waals surface area contributed by atoms with Crippen LogP contribution in [0.5, 0.6) is 0 Å². The summed E-state index contributed by atoms with van der Waals surface area (Å²) in [5.41, 5.74) is 4.29. The number of carbonyl (C=O) groups is 2. The molecule has 0 aromatic heterocycles. The topological polar surface area (TPSA) is 113 Å². The molecule has 0 radical (unpaired) electrons. The number of halogens is 2. The molecule has 0 aliphatic carbocycles. The lowest BCUT2D eigenvalue weighted by Gasteiger charge is -2.07. The lowest BCUT2D eigenvalue weighted by atomic mass is 10.1. The van der Waals surface area contributed by atoms with Crippen LogP contribution < -0.4 is 5.73 Å². The Bertz CT molecular complexity index is 839. The fraction of sp³-hybridized carbons (Fsp3) is 0.0667. The monoisotopic (exact) mass is 336 g/mol. The Morgan fingerprint density at radius 2 is 1.75 bits per heavy atom. The molecule has 0 heterocycles. The second-order valence-corrected chi connectivity index (χ2v) is 4.67. The number of rotatable bonds is 5. The highest BCUT2D eigenvalue weighted by Crippen LogP contribution is 2.22. The first-order valence-corrected chi connectivity index (χ1v) is 6.49. The average molecular weight is 336 g/mol. The van der Waals surface area contributed by atoms with E-state index in [1.54, 1.807) is 0 Å². The van der Waals surface area contributed by atoms with Gasteiger partial charge in [0.25, 0.3) is 5.69 Å². The van der Waals surface area contributed by atoms with Crippen molar-refractivity contribution in [3.8, 4) is 0 Å². The van der Waals surface area contributed by atoms with Gasteiger partial charge >= 0.3 is 5.97 Å². The quantitative estimate of drug-likeness (QED) is 0.511. The first kappa shape index (κ1) is 17.0. The van der Waals surface area contributed by atoms with Gasteiger partial charge in [0, 0.05) is 11.6 Å². The van der Waals surface area contributed by atoms with Gasteiger partial charge in [0.1, 0.15) is 6.61 Å². The van der Waals surface area contributed by atoms with Gasteiger partial charge in [-0.05, 0) is 30.3 Å². The van der Waals surface area contributed by atoms with Gasteiger partial charge in [-0.1, -0.05) is 0 Å². The van der Waals surface area contributed by atoms with Crippen molar-refractivity contribution in [3.63, 3.8) is 0 Å². The molecule has 7 nitrogen and oxygen atoms in total. The summed E-state index contributed by atoms with van der Waals surface area (Å²) >= 11 is 0. The lowest BCUT2D eigenvalue weighted by molar-refractivity contribution is -0.385. The summed E-state index contributed by atoms with van der Waals surface area (Å²) in [6.45, 7) is -0.493. The summed E-state index contributed by atoms with van der Waals surface area (Å²) in [4.78, 5) is 33.1. The molecule has 2 aromatic rings. The molecule has 1 amide bonds. The van der Waals surface area contributed by atoms with Crippen molar-refractivity contribution >= 4 is 17.6 Å².